The van der Waals surface area contributed by atoms with Gasteiger partial charge in [0.1, 0.15) is 0 Å². The molecule has 0 amide bonds. The third kappa shape index (κ3) is 42.8. The second-order valence-corrected chi connectivity index (χ2v) is 19.9. The molecule has 0 bridgehead atoms. The SMILES string of the molecule is Br.CCCCCCCCCCCCCCC(CCCCC(=O)OCCCC)C(P)(CCCCCCCCCCCCCC)CCCCCCCCCCCCCC. The molecule has 0 spiro atoms. The molecule has 0 saturated heterocycles. The van der Waals surface area contributed by atoms with Gasteiger partial charge >= 0.3 is 5.97 Å². The molecule has 0 heterocycles. The molecule has 4 heteroatoms. The third-order valence-electron chi connectivity index (χ3n) is 13.2. The molecule has 0 aliphatic carbocycles. The van der Waals surface area contributed by atoms with Crippen LogP contribution in [-0.4, -0.2) is 17.7 Å². The zero-order valence-corrected chi connectivity index (χ0v) is 42.8. The van der Waals surface area contributed by atoms with E-state index in [0.29, 0.717) is 18.2 Å². The van der Waals surface area contributed by atoms with E-state index in [-0.39, 0.29) is 23.0 Å². The molecule has 0 aromatic heterocycles. The van der Waals surface area contributed by atoms with Crippen molar-refractivity contribution in [2.24, 2.45) is 5.92 Å². The molecule has 2 atom stereocenters. The monoisotopic (exact) mass is 887 g/mol. The molecule has 57 heavy (non-hydrogen) atoms. The van der Waals surface area contributed by atoms with Crippen molar-refractivity contribution in [3.05, 3.63) is 0 Å². The minimum Gasteiger partial charge on any atom is -0.466 e. The van der Waals surface area contributed by atoms with E-state index in [1.807, 2.05) is 0 Å². The van der Waals surface area contributed by atoms with Gasteiger partial charge in [-0.1, -0.05) is 272 Å². The summed E-state index contributed by atoms with van der Waals surface area (Å²) in [6, 6.07) is 0. The van der Waals surface area contributed by atoms with Gasteiger partial charge in [-0.2, -0.15) is 0 Å². The smallest absolute Gasteiger partial charge is 0.305 e. The Morgan fingerprint density at radius 2 is 0.649 bits per heavy atom. The fourth-order valence-electron chi connectivity index (χ4n) is 9.14. The molecule has 0 saturated carbocycles. The molecular weight excluding hydrogens is 779 g/mol. The number of carbonyl (C=O) groups is 1. The number of hydrogen-bond donors (Lipinski definition) is 0. The highest BCUT2D eigenvalue weighted by molar-refractivity contribution is 8.93. The Labute approximate surface area is 374 Å². The van der Waals surface area contributed by atoms with Gasteiger partial charge in [-0.3, -0.25) is 4.79 Å². The summed E-state index contributed by atoms with van der Waals surface area (Å²) in [5, 5.41) is 0.371. The Bertz CT molecular complexity index is 731. The van der Waals surface area contributed by atoms with Crippen molar-refractivity contribution < 1.29 is 9.53 Å². The number of ether oxygens (including phenoxy) is 1. The predicted molar refractivity (Wildman–Crippen MR) is 268 cm³/mol. The summed E-state index contributed by atoms with van der Waals surface area (Å²) < 4.78 is 5.52. The molecule has 0 aromatic rings. The Kier molecular flexibility index (Phi) is 51.2. The summed E-state index contributed by atoms with van der Waals surface area (Å²) in [6.07, 6.45) is 61.7. The van der Waals surface area contributed by atoms with Gasteiger partial charge < -0.3 is 4.74 Å². The lowest BCUT2D eigenvalue weighted by molar-refractivity contribution is -0.143. The van der Waals surface area contributed by atoms with E-state index in [1.165, 1.54) is 263 Å². The van der Waals surface area contributed by atoms with Gasteiger partial charge in [0.15, 0.2) is 0 Å². The summed E-state index contributed by atoms with van der Waals surface area (Å²) >= 11 is 0. The molecule has 344 valence electrons. The molecule has 2 unspecified atom stereocenters. The van der Waals surface area contributed by atoms with E-state index in [4.69, 9.17) is 4.74 Å². The standard InChI is InChI=1S/C53H107O2P.BrH/c1-5-9-13-16-19-22-25-28-31-34-37-40-45-51(46-41-42-47-52(54)55-50-12-8-4)53(56,48-43-38-35-32-29-26-23-20-17-14-10-6-2)49-44-39-36-33-30-27-24-21-18-15-11-7-3;/h51H,5-50,56H2,1-4H3;1H. The van der Waals surface area contributed by atoms with Gasteiger partial charge in [0.2, 0.25) is 0 Å². The number of unbranched alkanes of at least 4 members (excludes halogenated alkanes) is 35. The van der Waals surface area contributed by atoms with Crippen LogP contribution in [0.3, 0.4) is 0 Å². The predicted octanol–water partition coefficient (Wildman–Crippen LogP) is 20.0. The van der Waals surface area contributed by atoms with E-state index in [9.17, 15) is 4.79 Å². The van der Waals surface area contributed by atoms with Gasteiger partial charge in [0.25, 0.3) is 0 Å². The highest BCUT2D eigenvalue weighted by Crippen LogP contribution is 2.44. The second kappa shape index (κ2) is 49.0. The van der Waals surface area contributed by atoms with Crippen LogP contribution in [0.5, 0.6) is 0 Å². The first-order valence-corrected chi connectivity index (χ1v) is 27.1. The van der Waals surface area contributed by atoms with Crippen molar-refractivity contribution in [3.8, 4) is 0 Å². The largest absolute Gasteiger partial charge is 0.466 e. The van der Waals surface area contributed by atoms with Crippen molar-refractivity contribution in [2.75, 3.05) is 6.61 Å². The highest BCUT2D eigenvalue weighted by Gasteiger charge is 2.32. The Hall–Kier alpha value is 0.380. The van der Waals surface area contributed by atoms with Crippen molar-refractivity contribution in [2.45, 2.75) is 322 Å². The zero-order chi connectivity index (χ0) is 40.9. The lowest BCUT2D eigenvalue weighted by atomic mass is 9.77. The summed E-state index contributed by atoms with van der Waals surface area (Å²) in [6.45, 7) is 9.71. The topological polar surface area (TPSA) is 26.3 Å². The van der Waals surface area contributed by atoms with Crippen LogP contribution in [0.25, 0.3) is 0 Å². The van der Waals surface area contributed by atoms with Crippen LogP contribution in [0.1, 0.15) is 317 Å². The minimum absolute atomic E-state index is 0. The average Bonchev–Trinajstić information content (AvgIpc) is 3.20. The van der Waals surface area contributed by atoms with Gasteiger partial charge in [0, 0.05) is 6.42 Å². The van der Waals surface area contributed by atoms with Gasteiger partial charge in [-0.15, -0.1) is 26.2 Å². The van der Waals surface area contributed by atoms with E-state index in [0.717, 1.165) is 25.2 Å². The van der Waals surface area contributed by atoms with Gasteiger partial charge in [-0.25, -0.2) is 0 Å². The molecule has 0 aliphatic rings. The first-order chi connectivity index (χ1) is 27.5. The van der Waals surface area contributed by atoms with E-state index < -0.39 is 0 Å². The number of hydrogen-bond acceptors (Lipinski definition) is 2. The van der Waals surface area contributed by atoms with E-state index in [1.54, 1.807) is 0 Å². The summed E-state index contributed by atoms with van der Waals surface area (Å²) in [5.41, 5.74) is 0. The number of esters is 1. The molecule has 0 rings (SSSR count). The zero-order valence-electron chi connectivity index (χ0n) is 39.9. The molecule has 0 radical (unpaired) electrons. The Balaban J connectivity index is 0. The Morgan fingerprint density at radius 1 is 0.386 bits per heavy atom. The van der Waals surface area contributed by atoms with E-state index in [2.05, 4.69) is 36.9 Å². The van der Waals surface area contributed by atoms with Gasteiger partial charge in [0.05, 0.1) is 6.61 Å². The summed E-state index contributed by atoms with van der Waals surface area (Å²) in [7, 11) is 3.54. The van der Waals surface area contributed by atoms with Crippen molar-refractivity contribution in [3.63, 3.8) is 0 Å². The van der Waals surface area contributed by atoms with Crippen LogP contribution in [0, 0.1) is 5.92 Å². The number of carbonyl (C=O) groups excluding carboxylic acids is 1. The van der Waals surface area contributed by atoms with Crippen molar-refractivity contribution >= 4 is 32.2 Å². The normalized spacial score (nSPS) is 12.2. The van der Waals surface area contributed by atoms with E-state index >= 15 is 0 Å². The number of halogens is 1. The molecule has 0 aromatic carbocycles. The summed E-state index contributed by atoms with van der Waals surface area (Å²) in [4.78, 5) is 12.4. The number of rotatable bonds is 48. The first kappa shape index (κ1) is 59.5. The third-order valence-corrected chi connectivity index (χ3v) is 14.2. The fourth-order valence-corrected chi connectivity index (χ4v) is 9.88. The fraction of sp³-hybridized carbons (Fsp3) is 0.981. The Morgan fingerprint density at radius 3 is 0.965 bits per heavy atom. The molecule has 0 fully saturated rings. The first-order valence-electron chi connectivity index (χ1n) is 26.5. The van der Waals surface area contributed by atoms with Crippen molar-refractivity contribution in [1.29, 1.82) is 0 Å². The van der Waals surface area contributed by atoms with Gasteiger partial charge in [-0.05, 0) is 49.6 Å². The summed E-state index contributed by atoms with van der Waals surface area (Å²) in [5.74, 6) is 0.799. The average molecular weight is 888 g/mol. The highest BCUT2D eigenvalue weighted by atomic mass is 79.9. The minimum atomic E-state index is 0. The lowest BCUT2D eigenvalue weighted by Gasteiger charge is -2.39. The molecular formula is C53H108BrO2P. The molecule has 2 nitrogen and oxygen atoms in total. The lowest BCUT2D eigenvalue weighted by Crippen LogP contribution is -2.32. The van der Waals surface area contributed by atoms with Crippen LogP contribution >= 0.6 is 26.2 Å². The van der Waals surface area contributed by atoms with Crippen molar-refractivity contribution in [1.82, 2.24) is 0 Å². The second-order valence-electron chi connectivity index (χ2n) is 18.7. The van der Waals surface area contributed by atoms with Crippen LogP contribution < -0.4 is 0 Å². The maximum atomic E-state index is 12.4. The maximum Gasteiger partial charge on any atom is 0.305 e. The van der Waals surface area contributed by atoms with Crippen LogP contribution in [0.4, 0.5) is 0 Å². The quantitative estimate of drug-likeness (QED) is 0.0346. The van der Waals surface area contributed by atoms with Crippen LogP contribution in [0.2, 0.25) is 0 Å². The molecule has 0 N–H and O–H groups in total. The molecule has 0 aliphatic heterocycles. The maximum absolute atomic E-state index is 12.4. The van der Waals surface area contributed by atoms with Crippen LogP contribution in [-0.2, 0) is 9.53 Å². The van der Waals surface area contributed by atoms with Crippen LogP contribution in [0.15, 0.2) is 0 Å².